The molecule has 1 aliphatic carbocycles. The van der Waals surface area contributed by atoms with Crippen LogP contribution in [0.3, 0.4) is 0 Å². The van der Waals surface area contributed by atoms with E-state index in [1.165, 1.54) is 51.4 Å². The maximum Gasteiger partial charge on any atom is -0.0118 e. The highest BCUT2D eigenvalue weighted by molar-refractivity contribution is 5.01. The van der Waals surface area contributed by atoms with Crippen LogP contribution in [0.1, 0.15) is 64.7 Å². The van der Waals surface area contributed by atoms with Crippen LogP contribution in [-0.2, 0) is 0 Å². The molecule has 1 saturated carbocycles. The fourth-order valence-electron chi connectivity index (χ4n) is 2.80. The monoisotopic (exact) mass is 206 g/mol. The summed E-state index contributed by atoms with van der Waals surface area (Å²) in [5, 5.41) is 0. The lowest BCUT2D eigenvalue weighted by Gasteiger charge is -2.34. The van der Waals surface area contributed by atoms with Gasteiger partial charge in [-0.15, -0.1) is 6.58 Å². The Hall–Kier alpha value is -0.520. The van der Waals surface area contributed by atoms with Crippen LogP contribution in [0.5, 0.6) is 0 Å². The molecule has 0 N–H and O–H groups in total. The number of hydrogen-bond donors (Lipinski definition) is 0. The van der Waals surface area contributed by atoms with Gasteiger partial charge in [-0.1, -0.05) is 50.8 Å². The summed E-state index contributed by atoms with van der Waals surface area (Å²) in [7, 11) is 0. The first-order valence-corrected chi connectivity index (χ1v) is 6.61. The van der Waals surface area contributed by atoms with E-state index in [0.717, 1.165) is 6.42 Å². The second kappa shape index (κ2) is 6.87. The Morgan fingerprint density at radius 3 is 2.47 bits per heavy atom. The first-order valence-electron chi connectivity index (χ1n) is 6.61. The molecule has 0 saturated heterocycles. The van der Waals surface area contributed by atoms with E-state index in [-0.39, 0.29) is 0 Å². The molecule has 0 amide bonds. The van der Waals surface area contributed by atoms with Crippen LogP contribution >= 0.6 is 0 Å². The summed E-state index contributed by atoms with van der Waals surface area (Å²) in [6.45, 7) is 6.08. The topological polar surface area (TPSA) is 0 Å². The van der Waals surface area contributed by atoms with Crippen molar-refractivity contribution in [3.63, 3.8) is 0 Å². The van der Waals surface area contributed by atoms with Crippen molar-refractivity contribution in [1.29, 1.82) is 0 Å². The maximum absolute atomic E-state index is 3.76. The summed E-state index contributed by atoms with van der Waals surface area (Å²) in [6.07, 6.45) is 19.1. The Bertz CT molecular complexity index is 189. The molecule has 1 aliphatic rings. The second-order valence-electron chi connectivity index (χ2n) is 4.94. The van der Waals surface area contributed by atoms with Gasteiger partial charge >= 0.3 is 0 Å². The number of rotatable bonds is 6. The average molecular weight is 206 g/mol. The third kappa shape index (κ3) is 4.24. The fourth-order valence-corrected chi connectivity index (χ4v) is 2.80. The summed E-state index contributed by atoms with van der Waals surface area (Å²) in [5.74, 6) is 0. The van der Waals surface area contributed by atoms with Gasteiger partial charge in [0.05, 0.1) is 0 Å². The second-order valence-corrected chi connectivity index (χ2v) is 4.94. The van der Waals surface area contributed by atoms with E-state index in [9.17, 15) is 0 Å². The van der Waals surface area contributed by atoms with Crippen molar-refractivity contribution in [1.82, 2.24) is 0 Å². The largest absolute Gasteiger partial charge is 0.103 e. The highest BCUT2D eigenvalue weighted by atomic mass is 14.3. The van der Waals surface area contributed by atoms with Crippen LogP contribution in [0.25, 0.3) is 0 Å². The van der Waals surface area contributed by atoms with Gasteiger partial charge in [-0.25, -0.2) is 0 Å². The van der Waals surface area contributed by atoms with Crippen molar-refractivity contribution in [3.05, 3.63) is 24.8 Å². The van der Waals surface area contributed by atoms with Crippen LogP contribution in [0.2, 0.25) is 0 Å². The molecule has 0 unspecified atom stereocenters. The first kappa shape index (κ1) is 12.5. The summed E-state index contributed by atoms with van der Waals surface area (Å²) < 4.78 is 0. The molecule has 0 aromatic heterocycles. The Morgan fingerprint density at radius 1 is 1.13 bits per heavy atom. The molecule has 0 aromatic rings. The van der Waals surface area contributed by atoms with E-state index in [2.05, 4.69) is 25.7 Å². The van der Waals surface area contributed by atoms with E-state index >= 15 is 0 Å². The molecule has 0 spiro atoms. The van der Waals surface area contributed by atoms with E-state index in [0.29, 0.717) is 5.41 Å². The van der Waals surface area contributed by atoms with Crippen molar-refractivity contribution in [3.8, 4) is 0 Å². The summed E-state index contributed by atoms with van der Waals surface area (Å²) >= 11 is 0. The van der Waals surface area contributed by atoms with Gasteiger partial charge in [0.1, 0.15) is 0 Å². The van der Waals surface area contributed by atoms with Gasteiger partial charge in [-0.05, 0) is 37.5 Å². The van der Waals surface area contributed by atoms with Gasteiger partial charge in [0.25, 0.3) is 0 Å². The lowest BCUT2D eigenvalue weighted by molar-refractivity contribution is 0.236. The highest BCUT2D eigenvalue weighted by Crippen LogP contribution is 2.41. The first-order chi connectivity index (χ1) is 7.33. The molecule has 86 valence electrons. The van der Waals surface area contributed by atoms with E-state index in [1.807, 2.05) is 6.08 Å². The normalized spacial score (nSPS) is 20.6. The summed E-state index contributed by atoms with van der Waals surface area (Å²) in [5.41, 5.74) is 0.564. The molecule has 0 aliphatic heterocycles. The van der Waals surface area contributed by atoms with Crippen molar-refractivity contribution >= 4 is 0 Å². The zero-order valence-electron chi connectivity index (χ0n) is 10.3. The molecule has 0 bridgehead atoms. The SMILES string of the molecule is C=CCCC=CC1(CCC)CCCCC1. The Kier molecular flexibility index (Phi) is 5.75. The van der Waals surface area contributed by atoms with Crippen molar-refractivity contribution in [2.45, 2.75) is 64.7 Å². The van der Waals surface area contributed by atoms with Gasteiger partial charge < -0.3 is 0 Å². The molecule has 1 fully saturated rings. The van der Waals surface area contributed by atoms with Gasteiger partial charge in [0.15, 0.2) is 0 Å². The molecular formula is C15H26. The van der Waals surface area contributed by atoms with Crippen molar-refractivity contribution in [2.24, 2.45) is 5.41 Å². The average Bonchev–Trinajstić information content (AvgIpc) is 2.26. The molecule has 0 nitrogen and oxygen atoms in total. The molecular weight excluding hydrogens is 180 g/mol. The van der Waals surface area contributed by atoms with Gasteiger partial charge in [-0.2, -0.15) is 0 Å². The van der Waals surface area contributed by atoms with Crippen LogP contribution in [0, 0.1) is 5.41 Å². The molecule has 0 radical (unpaired) electrons. The number of hydrogen-bond acceptors (Lipinski definition) is 0. The third-order valence-corrected chi connectivity index (χ3v) is 3.61. The van der Waals surface area contributed by atoms with Crippen LogP contribution in [-0.4, -0.2) is 0 Å². The smallest absolute Gasteiger partial charge is 0.0118 e. The van der Waals surface area contributed by atoms with E-state index in [1.54, 1.807) is 0 Å². The molecule has 1 rings (SSSR count). The molecule has 0 heterocycles. The predicted molar refractivity (Wildman–Crippen MR) is 69.0 cm³/mol. The molecule has 0 heteroatoms. The molecule has 0 atom stereocenters. The zero-order chi connectivity index (χ0) is 11.0. The quantitative estimate of drug-likeness (QED) is 0.411. The number of unbranched alkanes of at least 4 members (excludes halogenated alkanes) is 1. The van der Waals surface area contributed by atoms with Gasteiger partial charge in [0, 0.05) is 0 Å². The van der Waals surface area contributed by atoms with E-state index in [4.69, 9.17) is 0 Å². The predicted octanol–water partition coefficient (Wildman–Crippen LogP) is 5.26. The minimum atomic E-state index is 0.564. The van der Waals surface area contributed by atoms with Crippen molar-refractivity contribution in [2.75, 3.05) is 0 Å². The number of allylic oxidation sites excluding steroid dienone is 3. The molecule has 0 aromatic carbocycles. The standard InChI is InChI=1S/C15H26/c1-3-5-6-8-12-15(11-4-2)13-9-7-10-14-15/h3,8,12H,1,4-7,9-11,13-14H2,2H3. The summed E-state index contributed by atoms with van der Waals surface area (Å²) in [4.78, 5) is 0. The molecule has 15 heavy (non-hydrogen) atoms. The minimum Gasteiger partial charge on any atom is -0.103 e. The van der Waals surface area contributed by atoms with Crippen LogP contribution in [0.4, 0.5) is 0 Å². The lowest BCUT2D eigenvalue weighted by atomic mass is 9.71. The Balaban J connectivity index is 2.47. The Labute approximate surface area is 95.5 Å². The van der Waals surface area contributed by atoms with Crippen LogP contribution < -0.4 is 0 Å². The minimum absolute atomic E-state index is 0.564. The van der Waals surface area contributed by atoms with Gasteiger partial charge in [0.2, 0.25) is 0 Å². The maximum atomic E-state index is 3.76. The van der Waals surface area contributed by atoms with Gasteiger partial charge in [-0.3, -0.25) is 0 Å². The lowest BCUT2D eigenvalue weighted by Crippen LogP contribution is -2.21. The summed E-state index contributed by atoms with van der Waals surface area (Å²) in [6, 6.07) is 0. The zero-order valence-corrected chi connectivity index (χ0v) is 10.3. The fraction of sp³-hybridized carbons (Fsp3) is 0.733. The third-order valence-electron chi connectivity index (χ3n) is 3.61. The van der Waals surface area contributed by atoms with Crippen LogP contribution in [0.15, 0.2) is 24.8 Å². The van der Waals surface area contributed by atoms with E-state index < -0.39 is 0 Å². The highest BCUT2D eigenvalue weighted by Gasteiger charge is 2.27. The Morgan fingerprint density at radius 2 is 1.87 bits per heavy atom. The van der Waals surface area contributed by atoms with Crippen molar-refractivity contribution < 1.29 is 0 Å².